The van der Waals surface area contributed by atoms with Crippen molar-refractivity contribution in [3.8, 4) is 5.75 Å². The van der Waals surface area contributed by atoms with Crippen molar-refractivity contribution in [2.24, 2.45) is 5.10 Å². The first-order valence-corrected chi connectivity index (χ1v) is 7.30. The molecule has 0 radical (unpaired) electrons. The Hall–Kier alpha value is -3.14. The number of para-hydroxylation sites is 1. The summed E-state index contributed by atoms with van der Waals surface area (Å²) in [5.74, 6) is -0.0763. The van der Waals surface area contributed by atoms with Crippen molar-refractivity contribution >= 4 is 22.9 Å². The van der Waals surface area contributed by atoms with E-state index < -0.39 is 0 Å². The zero-order valence-electron chi connectivity index (χ0n) is 12.4. The minimum absolute atomic E-state index is 0.125. The van der Waals surface area contributed by atoms with Gasteiger partial charge in [-0.1, -0.05) is 54.6 Å². The van der Waals surface area contributed by atoms with E-state index in [-0.39, 0.29) is 18.1 Å². The molecule has 0 atom stereocenters. The fraction of sp³-hybridized carbons (Fsp3) is 0.0526. The number of rotatable bonds is 4. The van der Waals surface area contributed by atoms with Gasteiger partial charge in [0.05, 0.1) is 12.6 Å². The van der Waals surface area contributed by atoms with Crippen molar-refractivity contribution in [2.45, 2.75) is 6.42 Å². The first-order valence-electron chi connectivity index (χ1n) is 7.30. The molecule has 3 aromatic carbocycles. The maximum absolute atomic E-state index is 12.0. The van der Waals surface area contributed by atoms with Crippen LogP contribution < -0.4 is 5.43 Å². The summed E-state index contributed by atoms with van der Waals surface area (Å²) in [7, 11) is 0. The van der Waals surface area contributed by atoms with E-state index in [2.05, 4.69) is 10.5 Å². The minimum Gasteiger partial charge on any atom is -0.507 e. The molecule has 0 bridgehead atoms. The van der Waals surface area contributed by atoms with E-state index in [0.717, 1.165) is 16.3 Å². The number of carbonyl (C=O) groups excluding carboxylic acids is 1. The van der Waals surface area contributed by atoms with E-state index in [4.69, 9.17) is 0 Å². The van der Waals surface area contributed by atoms with Gasteiger partial charge >= 0.3 is 0 Å². The molecule has 0 heterocycles. The molecule has 0 unspecified atom stereocenters. The molecule has 0 saturated heterocycles. The van der Waals surface area contributed by atoms with E-state index in [1.165, 1.54) is 6.21 Å². The number of hydrazone groups is 1. The van der Waals surface area contributed by atoms with E-state index >= 15 is 0 Å². The number of benzene rings is 3. The lowest BCUT2D eigenvalue weighted by Gasteiger charge is -2.05. The van der Waals surface area contributed by atoms with Crippen molar-refractivity contribution in [1.29, 1.82) is 0 Å². The summed E-state index contributed by atoms with van der Waals surface area (Å²) < 4.78 is 0. The zero-order chi connectivity index (χ0) is 16.1. The smallest absolute Gasteiger partial charge is 0.244 e. The van der Waals surface area contributed by atoms with E-state index in [0.29, 0.717) is 5.56 Å². The van der Waals surface area contributed by atoms with E-state index in [1.807, 2.05) is 42.5 Å². The molecular weight excluding hydrogens is 288 g/mol. The number of aromatic hydroxyl groups is 1. The molecule has 4 heteroatoms. The summed E-state index contributed by atoms with van der Waals surface area (Å²) >= 11 is 0. The summed E-state index contributed by atoms with van der Waals surface area (Å²) in [6.07, 6.45) is 1.68. The second-order valence-corrected chi connectivity index (χ2v) is 5.17. The van der Waals surface area contributed by atoms with Crippen molar-refractivity contribution in [3.05, 3.63) is 77.9 Å². The lowest BCUT2D eigenvalue weighted by atomic mass is 10.0. The predicted molar refractivity (Wildman–Crippen MR) is 91.5 cm³/mol. The van der Waals surface area contributed by atoms with E-state index in [9.17, 15) is 9.90 Å². The third-order valence-corrected chi connectivity index (χ3v) is 3.56. The molecule has 3 aromatic rings. The third-order valence-electron chi connectivity index (χ3n) is 3.56. The largest absolute Gasteiger partial charge is 0.507 e. The second-order valence-electron chi connectivity index (χ2n) is 5.17. The van der Waals surface area contributed by atoms with Gasteiger partial charge in [0, 0.05) is 5.56 Å². The van der Waals surface area contributed by atoms with Crippen molar-refractivity contribution in [1.82, 2.24) is 5.43 Å². The van der Waals surface area contributed by atoms with Gasteiger partial charge in [0.1, 0.15) is 5.75 Å². The monoisotopic (exact) mass is 304 g/mol. The Bertz CT molecular complexity index is 867. The van der Waals surface area contributed by atoms with Crippen LogP contribution in [0.5, 0.6) is 5.75 Å². The second kappa shape index (κ2) is 6.75. The Kier molecular flexibility index (Phi) is 4.34. The number of nitrogens with one attached hydrogen (secondary N) is 1. The molecular formula is C19H16N2O2. The van der Waals surface area contributed by atoms with Crippen LogP contribution in [0, 0.1) is 0 Å². The van der Waals surface area contributed by atoms with Crippen LogP contribution in [0.3, 0.4) is 0 Å². The Morgan fingerprint density at radius 1 is 1.00 bits per heavy atom. The highest BCUT2D eigenvalue weighted by Crippen LogP contribution is 2.18. The fourth-order valence-corrected chi connectivity index (χ4v) is 2.43. The van der Waals surface area contributed by atoms with Gasteiger partial charge in [-0.05, 0) is 28.5 Å². The van der Waals surface area contributed by atoms with Crippen LogP contribution in [-0.2, 0) is 11.2 Å². The topological polar surface area (TPSA) is 61.7 Å². The number of carbonyl (C=O) groups is 1. The number of phenols is 1. The third kappa shape index (κ3) is 3.55. The van der Waals surface area contributed by atoms with Gasteiger partial charge in [-0.3, -0.25) is 4.79 Å². The molecule has 3 rings (SSSR count). The lowest BCUT2D eigenvalue weighted by Crippen LogP contribution is -2.19. The number of fused-ring (bicyclic) bond motifs is 1. The first-order chi connectivity index (χ1) is 11.2. The lowest BCUT2D eigenvalue weighted by molar-refractivity contribution is -0.120. The number of hydrogen-bond donors (Lipinski definition) is 2. The maximum atomic E-state index is 12.0. The van der Waals surface area contributed by atoms with Gasteiger partial charge in [0.15, 0.2) is 0 Å². The molecule has 1 amide bonds. The molecule has 0 fully saturated rings. The molecule has 4 nitrogen and oxygen atoms in total. The van der Waals surface area contributed by atoms with Gasteiger partial charge in [0.2, 0.25) is 5.91 Å². The number of nitrogens with zero attached hydrogens (tertiary/aromatic N) is 1. The first kappa shape index (κ1) is 14.8. The molecule has 0 aliphatic rings. The van der Waals surface area contributed by atoms with Gasteiger partial charge in [-0.25, -0.2) is 5.43 Å². The standard InChI is InChI=1S/C19H16N2O2/c22-18-11-4-2-7-16(18)13-20-21-19(23)12-15-9-5-8-14-6-1-3-10-17(14)15/h1-11,13,22H,12H2,(H,21,23)/b20-13-. The molecule has 0 saturated carbocycles. The van der Waals surface area contributed by atoms with Crippen LogP contribution in [0.15, 0.2) is 71.8 Å². The van der Waals surface area contributed by atoms with Crippen LogP contribution >= 0.6 is 0 Å². The molecule has 2 N–H and O–H groups in total. The molecule has 114 valence electrons. The van der Waals surface area contributed by atoms with Crippen LogP contribution in [0.4, 0.5) is 0 Å². The van der Waals surface area contributed by atoms with Crippen LogP contribution in [0.1, 0.15) is 11.1 Å². The summed E-state index contributed by atoms with van der Waals surface area (Å²) in [6, 6.07) is 20.7. The van der Waals surface area contributed by atoms with Crippen LogP contribution in [0.2, 0.25) is 0 Å². The average molecular weight is 304 g/mol. The van der Waals surface area contributed by atoms with Crippen LogP contribution in [0.25, 0.3) is 10.8 Å². The Balaban J connectivity index is 1.69. The number of amides is 1. The minimum atomic E-state index is -0.201. The van der Waals surface area contributed by atoms with Crippen molar-refractivity contribution in [3.63, 3.8) is 0 Å². The van der Waals surface area contributed by atoms with E-state index in [1.54, 1.807) is 24.3 Å². The number of hydrogen-bond acceptors (Lipinski definition) is 3. The van der Waals surface area contributed by atoms with Gasteiger partial charge in [0.25, 0.3) is 0 Å². The SMILES string of the molecule is O=C(Cc1cccc2ccccc12)N/N=C\c1ccccc1O. The normalized spacial score (nSPS) is 11.0. The summed E-state index contributed by atoms with van der Waals surface area (Å²) in [5.41, 5.74) is 4.00. The average Bonchev–Trinajstić information content (AvgIpc) is 2.57. The Labute approximate surface area is 134 Å². The van der Waals surface area contributed by atoms with Crippen LogP contribution in [-0.4, -0.2) is 17.2 Å². The maximum Gasteiger partial charge on any atom is 0.244 e. The van der Waals surface area contributed by atoms with Gasteiger partial charge in [-0.15, -0.1) is 0 Å². The molecule has 0 aliphatic carbocycles. The van der Waals surface area contributed by atoms with Crippen molar-refractivity contribution < 1.29 is 9.90 Å². The summed E-state index contributed by atoms with van der Waals surface area (Å²) in [5, 5.41) is 15.7. The molecule has 23 heavy (non-hydrogen) atoms. The Morgan fingerprint density at radius 3 is 2.61 bits per heavy atom. The fourth-order valence-electron chi connectivity index (χ4n) is 2.43. The Morgan fingerprint density at radius 2 is 1.74 bits per heavy atom. The highest BCUT2D eigenvalue weighted by Gasteiger charge is 2.06. The quantitative estimate of drug-likeness (QED) is 0.574. The predicted octanol–water partition coefficient (Wildman–Crippen LogP) is 3.24. The van der Waals surface area contributed by atoms with Crippen molar-refractivity contribution in [2.75, 3.05) is 0 Å². The zero-order valence-corrected chi connectivity index (χ0v) is 12.4. The van der Waals surface area contributed by atoms with Gasteiger partial charge < -0.3 is 5.11 Å². The van der Waals surface area contributed by atoms with Gasteiger partial charge in [-0.2, -0.15) is 5.10 Å². The highest BCUT2D eigenvalue weighted by atomic mass is 16.3. The summed E-state index contributed by atoms with van der Waals surface area (Å²) in [4.78, 5) is 12.0. The summed E-state index contributed by atoms with van der Waals surface area (Å²) in [6.45, 7) is 0. The number of phenolic OH excluding ortho intramolecular Hbond substituents is 1. The highest BCUT2D eigenvalue weighted by molar-refractivity contribution is 5.91. The molecule has 0 aliphatic heterocycles. The molecule has 0 aromatic heterocycles. The molecule has 0 spiro atoms.